The van der Waals surface area contributed by atoms with Crippen molar-refractivity contribution in [1.29, 1.82) is 0 Å². The van der Waals surface area contributed by atoms with Crippen LogP contribution in [0.5, 0.6) is 0 Å². The fourth-order valence-electron chi connectivity index (χ4n) is 2.35. The number of rotatable bonds is 8. The predicted molar refractivity (Wildman–Crippen MR) is 117 cm³/mol. The van der Waals surface area contributed by atoms with E-state index in [-0.39, 0.29) is 23.6 Å². The molecule has 0 bridgehead atoms. The first-order valence-electron chi connectivity index (χ1n) is 9.20. The number of carbonyl (C=O) groups excluding carboxylic acids is 2. The summed E-state index contributed by atoms with van der Waals surface area (Å²) in [6, 6.07) is 7.54. The zero-order chi connectivity index (χ0) is 21.5. The van der Waals surface area contributed by atoms with Crippen LogP contribution in [0.2, 0.25) is 18.1 Å². The third-order valence-electron chi connectivity index (χ3n) is 4.96. The van der Waals surface area contributed by atoms with Crippen LogP contribution in [0.1, 0.15) is 39.2 Å². The van der Waals surface area contributed by atoms with Crippen LogP contribution in [0.15, 0.2) is 40.9 Å². The van der Waals surface area contributed by atoms with Gasteiger partial charge >= 0.3 is 11.9 Å². The molecule has 0 aliphatic rings. The number of hydrogen-bond acceptors (Lipinski definition) is 5. The number of carbonyl (C=O) groups is 2. The summed E-state index contributed by atoms with van der Waals surface area (Å²) >= 11 is 3.42. The van der Waals surface area contributed by atoms with Gasteiger partial charge in [-0.05, 0) is 41.9 Å². The van der Waals surface area contributed by atoms with Gasteiger partial charge in [0.05, 0.1) is 13.2 Å². The molecule has 0 aliphatic heterocycles. The molecule has 7 heteroatoms. The molecule has 0 fully saturated rings. The summed E-state index contributed by atoms with van der Waals surface area (Å²) in [7, 11) is -0.816. The maximum atomic E-state index is 12.7. The topological polar surface area (TPSA) is 61.8 Å². The van der Waals surface area contributed by atoms with E-state index in [0.717, 1.165) is 10.0 Å². The van der Waals surface area contributed by atoms with E-state index < -0.39 is 20.3 Å². The molecule has 1 aromatic carbocycles. The molecule has 1 aromatic rings. The van der Waals surface area contributed by atoms with E-state index in [1.165, 1.54) is 14.0 Å². The molecule has 0 radical (unpaired) electrons. The Morgan fingerprint density at radius 1 is 1.18 bits per heavy atom. The predicted octanol–water partition coefficient (Wildman–Crippen LogP) is 5.22. The van der Waals surface area contributed by atoms with E-state index >= 15 is 0 Å². The van der Waals surface area contributed by atoms with E-state index in [9.17, 15) is 9.59 Å². The van der Waals surface area contributed by atoms with E-state index in [2.05, 4.69) is 49.8 Å². The van der Waals surface area contributed by atoms with Crippen LogP contribution in [0, 0.1) is 0 Å². The highest BCUT2D eigenvalue weighted by molar-refractivity contribution is 9.10. The van der Waals surface area contributed by atoms with Gasteiger partial charge in [-0.3, -0.25) is 9.59 Å². The number of hydrogen-bond donors (Lipinski definition) is 0. The highest BCUT2D eigenvalue weighted by atomic mass is 79.9. The Morgan fingerprint density at radius 3 is 2.21 bits per heavy atom. The lowest BCUT2D eigenvalue weighted by atomic mass is 9.93. The second-order valence-corrected chi connectivity index (χ2v) is 13.8. The smallest absolute Gasteiger partial charge is 0.316 e. The van der Waals surface area contributed by atoms with Crippen molar-refractivity contribution in [3.05, 3.63) is 46.5 Å². The fraction of sp³-hybridized carbons (Fsp3) is 0.524. The first kappa shape index (κ1) is 24.6. The molecule has 0 aromatic heterocycles. The van der Waals surface area contributed by atoms with Crippen molar-refractivity contribution in [2.24, 2.45) is 0 Å². The molecule has 0 saturated heterocycles. The van der Waals surface area contributed by atoms with Crippen molar-refractivity contribution in [2.45, 2.75) is 57.8 Å². The van der Waals surface area contributed by atoms with E-state index in [1.807, 2.05) is 24.3 Å². The maximum absolute atomic E-state index is 12.7. The summed E-state index contributed by atoms with van der Waals surface area (Å²) in [4.78, 5) is 23.7. The molecule has 5 nitrogen and oxygen atoms in total. The van der Waals surface area contributed by atoms with E-state index in [0.29, 0.717) is 0 Å². The second-order valence-electron chi connectivity index (χ2n) is 8.13. The molecule has 1 rings (SSSR count). The number of benzene rings is 1. The zero-order valence-corrected chi connectivity index (χ0v) is 20.3. The van der Waals surface area contributed by atoms with Crippen molar-refractivity contribution in [2.75, 3.05) is 13.7 Å². The zero-order valence-electron chi connectivity index (χ0n) is 17.7. The monoisotopic (exact) mass is 470 g/mol. The molecule has 156 valence electrons. The average Bonchev–Trinajstić information content (AvgIpc) is 2.58. The van der Waals surface area contributed by atoms with Crippen LogP contribution in [0.25, 0.3) is 0 Å². The molecular formula is C21H31BrO5Si. The van der Waals surface area contributed by atoms with Gasteiger partial charge in [0.15, 0.2) is 8.32 Å². The molecule has 0 spiro atoms. The minimum atomic E-state index is -2.19. The molecular weight excluding hydrogens is 440 g/mol. The summed E-state index contributed by atoms with van der Waals surface area (Å²) in [6.07, 6.45) is 2.98. The normalized spacial score (nSPS) is 14.6. The summed E-state index contributed by atoms with van der Waals surface area (Å²) in [5.74, 6) is -1.35. The van der Waals surface area contributed by atoms with Crippen LogP contribution in [-0.4, -0.2) is 40.1 Å². The molecule has 0 unspecified atom stereocenters. The van der Waals surface area contributed by atoms with Gasteiger partial charge in [0.25, 0.3) is 0 Å². The Kier molecular flexibility index (Phi) is 9.11. The van der Waals surface area contributed by atoms with Crippen molar-refractivity contribution in [3.8, 4) is 0 Å². The van der Waals surface area contributed by atoms with Crippen LogP contribution in [0.4, 0.5) is 0 Å². The Balaban J connectivity index is 3.31. The van der Waals surface area contributed by atoms with Crippen LogP contribution >= 0.6 is 15.9 Å². The highest BCUT2D eigenvalue weighted by Crippen LogP contribution is 2.39. The summed E-state index contributed by atoms with van der Waals surface area (Å²) in [6.45, 7) is 12.2. The van der Waals surface area contributed by atoms with Gasteiger partial charge in [-0.1, -0.05) is 54.9 Å². The maximum Gasteiger partial charge on any atom is 0.316 e. The van der Waals surface area contributed by atoms with Gasteiger partial charge in [0, 0.05) is 11.4 Å². The van der Waals surface area contributed by atoms with E-state index in [1.54, 1.807) is 12.2 Å². The average molecular weight is 471 g/mol. The van der Waals surface area contributed by atoms with E-state index in [4.69, 9.17) is 13.9 Å². The summed E-state index contributed by atoms with van der Waals surface area (Å²) in [5.41, 5.74) is 0.802. The molecule has 0 aliphatic carbocycles. The lowest BCUT2D eigenvalue weighted by Crippen LogP contribution is -2.46. The SMILES string of the molecule is COC(=O)[C@@H](c1ccc(Br)cc1)[C@@H](/C=C/COC(C)=O)O[Si](C)(C)C(C)(C)C. The Labute approximate surface area is 177 Å². The van der Waals surface area contributed by atoms with Crippen LogP contribution in [-0.2, 0) is 23.5 Å². The standard InChI is InChI=1S/C21H31BrO5Si/c1-15(23)26-14-8-9-18(27-28(6,7)21(2,3)4)19(20(24)25-5)16-10-12-17(22)13-11-16/h8-13,18-19H,14H2,1-7H3/b9-8+/t18-,19+/m1/s1. The van der Waals surface area contributed by atoms with Crippen molar-refractivity contribution in [3.63, 3.8) is 0 Å². The molecule has 28 heavy (non-hydrogen) atoms. The minimum Gasteiger partial charge on any atom is -0.468 e. The van der Waals surface area contributed by atoms with Crippen molar-refractivity contribution < 1.29 is 23.5 Å². The Bertz CT molecular complexity index is 692. The molecule has 0 amide bonds. The highest BCUT2D eigenvalue weighted by Gasteiger charge is 2.42. The van der Waals surface area contributed by atoms with Gasteiger partial charge in [-0.2, -0.15) is 0 Å². The fourth-order valence-corrected chi connectivity index (χ4v) is 3.86. The van der Waals surface area contributed by atoms with Gasteiger partial charge in [0.2, 0.25) is 0 Å². The van der Waals surface area contributed by atoms with Gasteiger partial charge in [-0.25, -0.2) is 0 Å². The number of esters is 2. The van der Waals surface area contributed by atoms with Crippen molar-refractivity contribution >= 4 is 36.2 Å². The third-order valence-corrected chi connectivity index (χ3v) is 9.96. The quantitative estimate of drug-likeness (QED) is 0.296. The van der Waals surface area contributed by atoms with Gasteiger partial charge < -0.3 is 13.9 Å². The summed E-state index contributed by atoms with van der Waals surface area (Å²) in [5, 5.41) is -0.0324. The number of halogens is 1. The van der Waals surface area contributed by atoms with Gasteiger partial charge in [-0.15, -0.1) is 0 Å². The Hall–Kier alpha value is -1.44. The summed E-state index contributed by atoms with van der Waals surface area (Å²) < 4.78 is 17.6. The molecule has 2 atom stereocenters. The lowest BCUT2D eigenvalue weighted by molar-refractivity contribution is -0.144. The van der Waals surface area contributed by atoms with Crippen molar-refractivity contribution in [1.82, 2.24) is 0 Å². The number of ether oxygens (including phenoxy) is 2. The minimum absolute atomic E-state index is 0.0324. The third kappa shape index (κ3) is 7.18. The molecule has 0 heterocycles. The first-order valence-corrected chi connectivity index (χ1v) is 12.9. The second kappa shape index (κ2) is 10.4. The first-order chi connectivity index (χ1) is 12.9. The molecule has 0 N–H and O–H groups in total. The lowest BCUT2D eigenvalue weighted by Gasteiger charge is -2.40. The van der Waals surface area contributed by atoms with Crippen LogP contribution in [0.3, 0.4) is 0 Å². The molecule has 0 saturated carbocycles. The van der Waals surface area contributed by atoms with Crippen LogP contribution < -0.4 is 0 Å². The largest absolute Gasteiger partial charge is 0.468 e. The van der Waals surface area contributed by atoms with Gasteiger partial charge in [0.1, 0.15) is 12.5 Å². The Morgan fingerprint density at radius 2 is 1.75 bits per heavy atom. The number of methoxy groups -OCH3 is 1.